The summed E-state index contributed by atoms with van der Waals surface area (Å²) < 4.78 is 5.37. The summed E-state index contributed by atoms with van der Waals surface area (Å²) in [5, 5.41) is 14.0. The zero-order valence-corrected chi connectivity index (χ0v) is 11.1. The summed E-state index contributed by atoms with van der Waals surface area (Å²) in [7, 11) is 0. The van der Waals surface area contributed by atoms with E-state index in [4.69, 9.17) is 15.7 Å². The number of amides is 1. The lowest BCUT2D eigenvalue weighted by molar-refractivity contribution is -0.116. The topological polar surface area (TPSA) is 96.9 Å². The van der Waals surface area contributed by atoms with Gasteiger partial charge in [-0.25, -0.2) is 0 Å². The number of oxime groups is 1. The van der Waals surface area contributed by atoms with E-state index in [1.807, 2.05) is 13.8 Å². The van der Waals surface area contributed by atoms with Gasteiger partial charge in [0.05, 0.1) is 5.69 Å². The minimum absolute atomic E-state index is 0.0386. The van der Waals surface area contributed by atoms with Crippen molar-refractivity contribution in [3.05, 3.63) is 24.3 Å². The number of nitrogens with zero attached hydrogens (tertiary/aromatic N) is 1. The van der Waals surface area contributed by atoms with E-state index in [1.165, 1.54) is 0 Å². The van der Waals surface area contributed by atoms with Crippen LogP contribution in [-0.2, 0) is 4.79 Å². The molecule has 1 amide bonds. The maximum Gasteiger partial charge on any atom is 0.224 e. The van der Waals surface area contributed by atoms with Crippen LogP contribution in [0.2, 0.25) is 0 Å². The first-order valence-electron chi connectivity index (χ1n) is 6.01. The average molecular weight is 265 g/mol. The Morgan fingerprint density at radius 1 is 1.47 bits per heavy atom. The van der Waals surface area contributed by atoms with Crippen LogP contribution >= 0.6 is 0 Å². The van der Waals surface area contributed by atoms with E-state index in [0.29, 0.717) is 17.9 Å². The molecule has 0 aromatic heterocycles. The molecule has 1 aromatic rings. The van der Waals surface area contributed by atoms with Crippen molar-refractivity contribution in [1.29, 1.82) is 0 Å². The van der Waals surface area contributed by atoms with Gasteiger partial charge < -0.3 is 21.0 Å². The summed E-state index contributed by atoms with van der Waals surface area (Å²) in [5.74, 6) is 0.648. The lowest BCUT2D eigenvalue weighted by Crippen LogP contribution is -2.21. The maximum atomic E-state index is 11.7. The molecule has 0 spiro atoms. The summed E-state index contributed by atoms with van der Waals surface area (Å²) in [6, 6.07) is 7.01. The van der Waals surface area contributed by atoms with Crippen molar-refractivity contribution < 1.29 is 14.7 Å². The third kappa shape index (κ3) is 5.29. The number of nitrogens with two attached hydrogens (primary N) is 1. The van der Waals surface area contributed by atoms with Crippen molar-refractivity contribution >= 4 is 17.4 Å². The molecule has 6 nitrogen and oxygen atoms in total. The molecular formula is C13H19N3O3. The number of ether oxygens (including phenoxy) is 1. The summed E-state index contributed by atoms with van der Waals surface area (Å²) in [6.45, 7) is 3.90. The molecule has 0 saturated carbocycles. The summed E-state index contributed by atoms with van der Waals surface area (Å²) in [5.41, 5.74) is 5.89. The van der Waals surface area contributed by atoms with E-state index >= 15 is 0 Å². The minimum atomic E-state index is -0.0742. The number of para-hydroxylation sites is 2. The van der Waals surface area contributed by atoms with Crippen molar-refractivity contribution in [3.8, 4) is 5.75 Å². The number of hydrogen-bond acceptors (Lipinski definition) is 4. The van der Waals surface area contributed by atoms with E-state index < -0.39 is 0 Å². The Kier molecular flexibility index (Phi) is 5.66. The third-order valence-corrected chi connectivity index (χ3v) is 2.26. The summed E-state index contributed by atoms with van der Waals surface area (Å²) in [6.07, 6.45) is 0.439. The van der Waals surface area contributed by atoms with Crippen LogP contribution in [0.25, 0.3) is 0 Å². The number of benzene rings is 1. The molecule has 0 saturated heterocycles. The number of carbonyl (C=O) groups is 1. The molecule has 0 unspecified atom stereocenters. The van der Waals surface area contributed by atoms with Gasteiger partial charge in [0, 0.05) is 6.42 Å². The molecule has 1 rings (SSSR count). The van der Waals surface area contributed by atoms with Crippen LogP contribution in [0.1, 0.15) is 20.3 Å². The zero-order valence-electron chi connectivity index (χ0n) is 11.1. The number of amidine groups is 1. The highest BCUT2D eigenvalue weighted by molar-refractivity contribution is 5.92. The highest BCUT2D eigenvalue weighted by Gasteiger charge is 2.09. The van der Waals surface area contributed by atoms with Crippen LogP contribution < -0.4 is 15.8 Å². The lowest BCUT2D eigenvalue weighted by atomic mass is 10.1. The predicted octanol–water partition coefficient (Wildman–Crippen LogP) is 1.80. The maximum absolute atomic E-state index is 11.7. The molecule has 19 heavy (non-hydrogen) atoms. The Hall–Kier alpha value is -2.24. The van der Waals surface area contributed by atoms with Crippen molar-refractivity contribution in [2.75, 3.05) is 11.9 Å². The van der Waals surface area contributed by atoms with E-state index in [0.717, 1.165) is 0 Å². The lowest BCUT2D eigenvalue weighted by Gasteiger charge is -2.12. The van der Waals surface area contributed by atoms with Gasteiger partial charge in [-0.3, -0.25) is 4.79 Å². The second-order valence-electron chi connectivity index (χ2n) is 4.52. The second-order valence-corrected chi connectivity index (χ2v) is 4.52. The van der Waals surface area contributed by atoms with Gasteiger partial charge in [-0.2, -0.15) is 0 Å². The molecule has 0 aliphatic heterocycles. The molecule has 0 aliphatic carbocycles. The van der Waals surface area contributed by atoms with Gasteiger partial charge in [0.2, 0.25) is 5.91 Å². The first-order valence-corrected chi connectivity index (χ1v) is 6.01. The van der Waals surface area contributed by atoms with Gasteiger partial charge in [0.25, 0.3) is 0 Å². The third-order valence-electron chi connectivity index (χ3n) is 2.26. The van der Waals surface area contributed by atoms with Crippen LogP contribution in [0.3, 0.4) is 0 Å². The number of hydrogen-bond donors (Lipinski definition) is 3. The van der Waals surface area contributed by atoms with Gasteiger partial charge in [0.1, 0.15) is 12.4 Å². The van der Waals surface area contributed by atoms with Gasteiger partial charge in [-0.1, -0.05) is 31.1 Å². The first-order chi connectivity index (χ1) is 9.02. The normalized spacial score (nSPS) is 11.4. The molecule has 104 valence electrons. The molecule has 0 atom stereocenters. The highest BCUT2D eigenvalue weighted by Crippen LogP contribution is 2.24. The van der Waals surface area contributed by atoms with Gasteiger partial charge in [-0.05, 0) is 18.1 Å². The molecule has 6 heteroatoms. The smallest absolute Gasteiger partial charge is 0.224 e. The first kappa shape index (κ1) is 14.8. The summed E-state index contributed by atoms with van der Waals surface area (Å²) >= 11 is 0. The Morgan fingerprint density at radius 2 is 2.16 bits per heavy atom. The largest absolute Gasteiger partial charge is 0.483 e. The predicted molar refractivity (Wildman–Crippen MR) is 73.4 cm³/mol. The van der Waals surface area contributed by atoms with Crippen molar-refractivity contribution in [2.24, 2.45) is 16.8 Å². The molecule has 0 fully saturated rings. The number of carbonyl (C=O) groups excluding carboxylic acids is 1. The Bertz CT molecular complexity index is 458. The molecule has 0 radical (unpaired) electrons. The van der Waals surface area contributed by atoms with Gasteiger partial charge in [0.15, 0.2) is 5.84 Å². The van der Waals surface area contributed by atoms with E-state index in [-0.39, 0.29) is 24.3 Å². The monoisotopic (exact) mass is 265 g/mol. The van der Waals surface area contributed by atoms with Crippen molar-refractivity contribution in [2.45, 2.75) is 20.3 Å². The van der Waals surface area contributed by atoms with E-state index in [2.05, 4.69) is 10.5 Å². The average Bonchev–Trinajstić information content (AvgIpc) is 2.36. The fourth-order valence-electron chi connectivity index (χ4n) is 1.45. The van der Waals surface area contributed by atoms with Gasteiger partial charge in [-0.15, -0.1) is 0 Å². The Balaban J connectivity index is 2.70. The molecule has 0 heterocycles. The molecule has 4 N–H and O–H groups in total. The fourth-order valence-corrected chi connectivity index (χ4v) is 1.45. The fraction of sp³-hybridized carbons (Fsp3) is 0.385. The van der Waals surface area contributed by atoms with E-state index in [9.17, 15) is 4.79 Å². The Morgan fingerprint density at radius 3 is 2.79 bits per heavy atom. The number of nitrogens with one attached hydrogen (secondary N) is 1. The number of anilines is 1. The van der Waals surface area contributed by atoms with Crippen molar-refractivity contribution in [3.63, 3.8) is 0 Å². The quantitative estimate of drug-likeness (QED) is 0.316. The van der Waals surface area contributed by atoms with Gasteiger partial charge >= 0.3 is 0 Å². The highest BCUT2D eigenvalue weighted by atomic mass is 16.5. The molecule has 1 aromatic carbocycles. The second kappa shape index (κ2) is 7.25. The van der Waals surface area contributed by atoms with Crippen LogP contribution in [-0.4, -0.2) is 23.6 Å². The standard InChI is InChI=1S/C13H19N3O3/c1-9(2)7-13(17)15-10-5-3-4-6-11(10)19-8-12(14)16-18/h3-6,9,18H,7-8H2,1-2H3,(H2,14,16)(H,15,17). The Labute approximate surface area is 112 Å². The van der Waals surface area contributed by atoms with Crippen LogP contribution in [0.15, 0.2) is 29.4 Å². The molecule has 0 aliphatic rings. The van der Waals surface area contributed by atoms with Crippen LogP contribution in [0.4, 0.5) is 5.69 Å². The minimum Gasteiger partial charge on any atom is -0.483 e. The molecule has 0 bridgehead atoms. The SMILES string of the molecule is CC(C)CC(=O)Nc1ccccc1OCC(N)=NO. The zero-order chi connectivity index (χ0) is 14.3. The van der Waals surface area contributed by atoms with Crippen molar-refractivity contribution in [1.82, 2.24) is 0 Å². The van der Waals surface area contributed by atoms with E-state index in [1.54, 1.807) is 24.3 Å². The number of rotatable bonds is 6. The summed E-state index contributed by atoms with van der Waals surface area (Å²) in [4.78, 5) is 11.7. The van der Waals surface area contributed by atoms with Crippen LogP contribution in [0.5, 0.6) is 5.75 Å². The molecular weight excluding hydrogens is 246 g/mol. The van der Waals surface area contributed by atoms with Crippen LogP contribution in [0, 0.1) is 5.92 Å².